The maximum Gasteiger partial charge on any atom is 0.484 e. The second kappa shape index (κ2) is 10.1. The summed E-state index contributed by atoms with van der Waals surface area (Å²) >= 11 is 0. The first-order chi connectivity index (χ1) is 16.6. The molecule has 1 aliphatic rings. The molecule has 11 heteroatoms. The third-order valence-electron chi connectivity index (χ3n) is 6.09. The Kier molecular flexibility index (Phi) is 7.66. The summed E-state index contributed by atoms with van der Waals surface area (Å²) in [7, 11) is -5.39. The van der Waals surface area contributed by atoms with E-state index in [0.717, 1.165) is 17.4 Å². The van der Waals surface area contributed by atoms with Crippen LogP contribution in [0.5, 0.6) is 0 Å². The molecule has 36 heavy (non-hydrogen) atoms. The molecular formula is C25H33BN4O5S. The lowest BCUT2D eigenvalue weighted by molar-refractivity contribution is 0.0285. The number of benzene rings is 2. The third-order valence-corrected chi connectivity index (χ3v) is 7.07. The minimum atomic E-state index is -3.82. The molecule has 1 aliphatic heterocycles. The minimum Gasteiger partial charge on any atom is -0.427 e. The van der Waals surface area contributed by atoms with Crippen molar-refractivity contribution in [3.63, 3.8) is 0 Å². The Morgan fingerprint density at radius 3 is 2.25 bits per heavy atom. The van der Waals surface area contributed by atoms with Crippen molar-refractivity contribution in [3.8, 4) is 0 Å². The molecule has 3 rings (SSSR count). The number of sulfonamides is 1. The fraction of sp³-hybridized carbons (Fsp3) is 0.400. The minimum absolute atomic E-state index is 0.165. The number of amides is 2. The van der Waals surface area contributed by atoms with Crippen molar-refractivity contribution in [1.29, 1.82) is 0 Å². The number of nitrogens with zero attached hydrogens (tertiary/aromatic N) is 3. The summed E-state index contributed by atoms with van der Waals surface area (Å²) in [5.41, 5.74) is 5.67. The normalized spacial score (nSPS) is 14.3. The van der Waals surface area contributed by atoms with Crippen LogP contribution < -0.4 is 10.9 Å². The standard InChI is InChI=1S/C25H33BN4O5S/c1-8-22(25(4,5)6)29(24(32)20-12-16(2)11-17(3)13-20)28-23(31)18-9-10-19-15-27-30(36(7,34)35)26(33)21(19)14-18/h9-15,22,33H,8H2,1-7H3,(H,28,31). The molecule has 0 radical (unpaired) electrons. The number of rotatable bonds is 5. The van der Waals surface area contributed by atoms with Crippen LogP contribution in [0, 0.1) is 19.3 Å². The fourth-order valence-electron chi connectivity index (χ4n) is 4.49. The molecule has 2 amide bonds. The van der Waals surface area contributed by atoms with E-state index in [2.05, 4.69) is 10.5 Å². The maximum atomic E-state index is 13.7. The third kappa shape index (κ3) is 5.79. The summed E-state index contributed by atoms with van der Waals surface area (Å²) in [6.07, 6.45) is 2.85. The van der Waals surface area contributed by atoms with Crippen LogP contribution in [0.15, 0.2) is 41.5 Å². The zero-order valence-electron chi connectivity index (χ0n) is 21.7. The Balaban J connectivity index is 1.99. The number of hydrazone groups is 1. The molecule has 2 aromatic carbocycles. The summed E-state index contributed by atoms with van der Waals surface area (Å²) in [4.78, 5) is 27.1. The lowest BCUT2D eigenvalue weighted by Crippen LogP contribution is -2.56. The van der Waals surface area contributed by atoms with E-state index in [1.54, 1.807) is 24.3 Å². The molecule has 0 bridgehead atoms. The average Bonchev–Trinajstić information content (AvgIpc) is 2.76. The molecule has 0 fully saturated rings. The molecule has 9 nitrogen and oxygen atoms in total. The van der Waals surface area contributed by atoms with Gasteiger partial charge in [0.25, 0.3) is 11.8 Å². The number of carbonyl (C=O) groups excluding carboxylic acids is 2. The molecule has 1 unspecified atom stereocenters. The van der Waals surface area contributed by atoms with Crippen LogP contribution in [0.3, 0.4) is 0 Å². The van der Waals surface area contributed by atoms with Gasteiger partial charge in [-0.1, -0.05) is 51.0 Å². The molecule has 2 N–H and O–H groups in total. The van der Waals surface area contributed by atoms with Crippen LogP contribution in [0.25, 0.3) is 0 Å². The monoisotopic (exact) mass is 512 g/mol. The molecule has 0 saturated heterocycles. The van der Waals surface area contributed by atoms with Crippen LogP contribution >= 0.6 is 0 Å². The molecule has 0 spiro atoms. The van der Waals surface area contributed by atoms with Gasteiger partial charge in [-0.25, -0.2) is 17.8 Å². The zero-order valence-corrected chi connectivity index (χ0v) is 22.5. The molecule has 192 valence electrons. The molecule has 1 atom stereocenters. The second-order valence-corrected chi connectivity index (χ2v) is 12.1. The van der Waals surface area contributed by atoms with E-state index in [1.807, 2.05) is 47.6 Å². The van der Waals surface area contributed by atoms with Gasteiger partial charge in [-0.05, 0) is 61.0 Å². The van der Waals surface area contributed by atoms with Crippen molar-refractivity contribution in [2.24, 2.45) is 10.5 Å². The summed E-state index contributed by atoms with van der Waals surface area (Å²) in [5, 5.41) is 15.8. The first-order valence-corrected chi connectivity index (χ1v) is 13.6. The summed E-state index contributed by atoms with van der Waals surface area (Å²) in [6.45, 7) is 11.8. The van der Waals surface area contributed by atoms with Crippen molar-refractivity contribution >= 4 is 40.6 Å². The van der Waals surface area contributed by atoms with Gasteiger partial charge in [0.05, 0.1) is 18.5 Å². The highest BCUT2D eigenvalue weighted by Gasteiger charge is 2.37. The Bertz CT molecular complexity index is 1300. The molecular weight excluding hydrogens is 479 g/mol. The summed E-state index contributed by atoms with van der Waals surface area (Å²) in [5.74, 6) is -0.885. The van der Waals surface area contributed by atoms with Gasteiger partial charge >= 0.3 is 7.05 Å². The predicted molar refractivity (Wildman–Crippen MR) is 141 cm³/mol. The number of hydrazine groups is 1. The molecule has 2 aromatic rings. The van der Waals surface area contributed by atoms with Crippen LogP contribution in [-0.2, 0) is 10.0 Å². The van der Waals surface area contributed by atoms with Gasteiger partial charge in [-0.2, -0.15) is 5.10 Å². The topological polar surface area (TPSA) is 119 Å². The summed E-state index contributed by atoms with van der Waals surface area (Å²) in [6, 6.07) is 9.77. The number of fused-ring (bicyclic) bond motifs is 1. The number of aryl methyl sites for hydroxylation is 2. The summed E-state index contributed by atoms with van der Waals surface area (Å²) < 4.78 is 24.5. The van der Waals surface area contributed by atoms with E-state index in [-0.39, 0.29) is 28.4 Å². The first kappa shape index (κ1) is 27.4. The SMILES string of the molecule is CCC(N(NC(=O)c1ccc2c(c1)B(O)N(S(C)(=O)=O)N=C2)C(=O)c1cc(C)cc(C)c1)C(C)(C)C. The van der Waals surface area contributed by atoms with E-state index < -0.39 is 23.0 Å². The number of nitrogens with one attached hydrogen (secondary N) is 1. The van der Waals surface area contributed by atoms with Gasteiger partial charge in [0.2, 0.25) is 10.0 Å². The van der Waals surface area contributed by atoms with Crippen LogP contribution in [0.1, 0.15) is 71.5 Å². The van der Waals surface area contributed by atoms with Gasteiger partial charge in [-0.15, -0.1) is 0 Å². The Morgan fingerprint density at radius 2 is 1.72 bits per heavy atom. The van der Waals surface area contributed by atoms with E-state index in [1.165, 1.54) is 17.3 Å². The van der Waals surface area contributed by atoms with Crippen LogP contribution in [-0.4, -0.2) is 60.2 Å². The number of hydrogen-bond donors (Lipinski definition) is 2. The van der Waals surface area contributed by atoms with Crippen molar-refractivity contribution in [2.45, 2.75) is 54.0 Å². The highest BCUT2D eigenvalue weighted by Crippen LogP contribution is 2.28. The first-order valence-electron chi connectivity index (χ1n) is 11.7. The van der Waals surface area contributed by atoms with Crippen LogP contribution in [0.2, 0.25) is 0 Å². The predicted octanol–water partition coefficient (Wildman–Crippen LogP) is 2.21. The second-order valence-electron chi connectivity index (χ2n) is 10.3. The van der Waals surface area contributed by atoms with Crippen molar-refractivity contribution in [3.05, 3.63) is 64.2 Å². The van der Waals surface area contributed by atoms with Gasteiger partial charge in [0, 0.05) is 11.1 Å². The average molecular weight is 512 g/mol. The van der Waals surface area contributed by atoms with Gasteiger partial charge in [-0.3, -0.25) is 15.0 Å². The fourth-order valence-corrected chi connectivity index (χ4v) is 5.18. The largest absolute Gasteiger partial charge is 0.484 e. The zero-order chi connectivity index (χ0) is 27.0. The van der Waals surface area contributed by atoms with Crippen molar-refractivity contribution < 1.29 is 23.0 Å². The van der Waals surface area contributed by atoms with Crippen molar-refractivity contribution in [2.75, 3.05) is 6.26 Å². The van der Waals surface area contributed by atoms with Gasteiger partial charge in [0.1, 0.15) is 0 Å². The van der Waals surface area contributed by atoms with Gasteiger partial charge in [0.15, 0.2) is 0 Å². The Hall–Kier alpha value is -3.18. The van der Waals surface area contributed by atoms with Crippen molar-refractivity contribution in [1.82, 2.24) is 14.8 Å². The lowest BCUT2D eigenvalue weighted by Gasteiger charge is -2.39. The van der Waals surface area contributed by atoms with E-state index in [9.17, 15) is 23.0 Å². The Morgan fingerprint density at radius 1 is 1.11 bits per heavy atom. The maximum absolute atomic E-state index is 13.7. The molecule has 1 heterocycles. The highest BCUT2D eigenvalue weighted by atomic mass is 32.2. The van der Waals surface area contributed by atoms with E-state index in [4.69, 9.17) is 0 Å². The van der Waals surface area contributed by atoms with Gasteiger partial charge < -0.3 is 5.02 Å². The van der Waals surface area contributed by atoms with E-state index >= 15 is 0 Å². The smallest absolute Gasteiger partial charge is 0.427 e. The quantitative estimate of drug-likeness (QED) is 0.471. The molecule has 0 aromatic heterocycles. The lowest BCUT2D eigenvalue weighted by atomic mass is 9.71. The number of carbonyl (C=O) groups is 2. The number of hydrogen-bond acceptors (Lipinski definition) is 6. The van der Waals surface area contributed by atoms with Crippen LogP contribution in [0.4, 0.5) is 0 Å². The highest BCUT2D eigenvalue weighted by molar-refractivity contribution is 7.89. The Labute approximate surface area is 213 Å². The van der Waals surface area contributed by atoms with E-state index in [0.29, 0.717) is 21.9 Å². The molecule has 0 aliphatic carbocycles. The molecule has 0 saturated carbocycles.